The molecule has 0 bridgehead atoms. The Morgan fingerprint density at radius 1 is 1.36 bits per heavy atom. The van der Waals surface area contributed by atoms with Crippen LogP contribution in [0.5, 0.6) is 11.8 Å². The minimum atomic E-state index is -0.726. The number of rotatable bonds is 6. The molecule has 0 N–H and O–H groups in total. The first-order valence-electron chi connectivity index (χ1n) is 8.49. The Morgan fingerprint density at radius 2 is 2.08 bits per heavy atom. The van der Waals surface area contributed by atoms with Gasteiger partial charge in [-0.2, -0.15) is 4.98 Å². The standard InChI is InChI=1S/C19H23FN2O3/c1-4-19(2,3)13-5-7-15(8-6-13)24-12-16-11-22-14(10-20)9-17(23)21-18(22)25-16/h5-9,16H,4,10-12H2,1-3H3/t16-/m0/s1. The topological polar surface area (TPSA) is 53.4 Å². The van der Waals surface area contributed by atoms with Gasteiger partial charge in [0.15, 0.2) is 6.10 Å². The van der Waals surface area contributed by atoms with Crippen LogP contribution in [0.4, 0.5) is 4.39 Å². The third kappa shape index (κ3) is 3.67. The van der Waals surface area contributed by atoms with Crippen LogP contribution >= 0.6 is 0 Å². The number of fused-ring (bicyclic) bond motifs is 1. The van der Waals surface area contributed by atoms with Gasteiger partial charge in [-0.3, -0.25) is 9.36 Å². The molecule has 0 radical (unpaired) electrons. The fourth-order valence-electron chi connectivity index (χ4n) is 2.80. The van der Waals surface area contributed by atoms with Gasteiger partial charge in [0, 0.05) is 6.07 Å². The summed E-state index contributed by atoms with van der Waals surface area (Å²) in [5.41, 5.74) is 1.19. The monoisotopic (exact) mass is 346 g/mol. The van der Waals surface area contributed by atoms with E-state index in [9.17, 15) is 9.18 Å². The lowest BCUT2D eigenvalue weighted by Crippen LogP contribution is -2.23. The average Bonchev–Trinajstić information content (AvgIpc) is 3.02. The van der Waals surface area contributed by atoms with Crippen LogP contribution in [-0.2, 0) is 18.6 Å². The predicted octanol–water partition coefficient (Wildman–Crippen LogP) is 3.24. The first kappa shape index (κ1) is 17.5. The predicted molar refractivity (Wildman–Crippen MR) is 93.0 cm³/mol. The number of alkyl halides is 1. The summed E-state index contributed by atoms with van der Waals surface area (Å²) in [5.74, 6) is 0.753. The van der Waals surface area contributed by atoms with Gasteiger partial charge in [0.1, 0.15) is 19.0 Å². The molecule has 134 valence electrons. The molecule has 1 aromatic heterocycles. The minimum Gasteiger partial charge on any atom is -0.490 e. The smallest absolute Gasteiger partial charge is 0.300 e. The third-order valence-corrected chi connectivity index (χ3v) is 4.82. The molecule has 1 aliphatic rings. The van der Waals surface area contributed by atoms with E-state index in [-0.39, 0.29) is 23.2 Å². The summed E-state index contributed by atoms with van der Waals surface area (Å²) in [4.78, 5) is 15.2. The van der Waals surface area contributed by atoms with Gasteiger partial charge in [0.2, 0.25) is 0 Å². The van der Waals surface area contributed by atoms with E-state index in [1.54, 1.807) is 4.57 Å². The van der Waals surface area contributed by atoms with E-state index in [1.165, 1.54) is 11.6 Å². The Bertz CT molecular complexity index is 799. The highest BCUT2D eigenvalue weighted by Crippen LogP contribution is 2.28. The summed E-state index contributed by atoms with van der Waals surface area (Å²) in [5, 5.41) is 0. The molecule has 1 aliphatic heterocycles. The molecule has 1 atom stereocenters. The molecule has 0 aliphatic carbocycles. The zero-order chi connectivity index (χ0) is 18.0. The second-order valence-electron chi connectivity index (χ2n) is 6.93. The van der Waals surface area contributed by atoms with Crippen LogP contribution in [0.15, 0.2) is 35.1 Å². The second kappa shape index (κ2) is 6.86. The number of hydrogen-bond donors (Lipinski definition) is 0. The van der Waals surface area contributed by atoms with Crippen molar-refractivity contribution >= 4 is 0 Å². The number of nitrogens with zero attached hydrogens (tertiary/aromatic N) is 2. The van der Waals surface area contributed by atoms with Crippen LogP contribution in [0, 0.1) is 0 Å². The summed E-state index contributed by atoms with van der Waals surface area (Å²) in [6.07, 6.45) is 0.760. The highest BCUT2D eigenvalue weighted by atomic mass is 19.1. The molecule has 0 amide bonds. The van der Waals surface area contributed by atoms with Crippen molar-refractivity contribution in [3.8, 4) is 11.8 Å². The van der Waals surface area contributed by atoms with E-state index in [2.05, 4.69) is 37.9 Å². The lowest BCUT2D eigenvalue weighted by Gasteiger charge is -2.23. The van der Waals surface area contributed by atoms with Gasteiger partial charge in [-0.05, 0) is 29.5 Å². The van der Waals surface area contributed by atoms with E-state index in [0.29, 0.717) is 13.2 Å². The second-order valence-corrected chi connectivity index (χ2v) is 6.93. The Hall–Kier alpha value is -2.37. The molecular formula is C19H23FN2O3. The number of hydrogen-bond acceptors (Lipinski definition) is 4. The highest BCUT2D eigenvalue weighted by Gasteiger charge is 2.26. The fourth-order valence-corrected chi connectivity index (χ4v) is 2.80. The zero-order valence-corrected chi connectivity index (χ0v) is 14.8. The number of halogens is 1. The van der Waals surface area contributed by atoms with Gasteiger partial charge >= 0.3 is 6.01 Å². The average molecular weight is 346 g/mol. The summed E-state index contributed by atoms with van der Waals surface area (Å²) in [6, 6.07) is 9.40. The van der Waals surface area contributed by atoms with Gasteiger partial charge in [-0.15, -0.1) is 0 Å². The molecule has 1 aromatic carbocycles. The van der Waals surface area contributed by atoms with Crippen LogP contribution < -0.4 is 15.0 Å². The van der Waals surface area contributed by atoms with E-state index < -0.39 is 12.2 Å². The van der Waals surface area contributed by atoms with Crippen LogP contribution in [0.1, 0.15) is 38.4 Å². The molecule has 25 heavy (non-hydrogen) atoms. The van der Waals surface area contributed by atoms with E-state index in [0.717, 1.165) is 12.2 Å². The van der Waals surface area contributed by atoms with Gasteiger partial charge in [-0.1, -0.05) is 32.9 Å². The Labute approximate surface area is 146 Å². The molecule has 0 saturated heterocycles. The van der Waals surface area contributed by atoms with Crippen molar-refractivity contribution in [2.45, 2.75) is 51.9 Å². The maximum Gasteiger partial charge on any atom is 0.300 e. The van der Waals surface area contributed by atoms with E-state index >= 15 is 0 Å². The first-order chi connectivity index (χ1) is 11.9. The molecule has 3 rings (SSSR count). The molecule has 0 fully saturated rings. The van der Waals surface area contributed by atoms with Gasteiger partial charge in [0.05, 0.1) is 12.2 Å². The summed E-state index contributed by atoms with van der Waals surface area (Å²) >= 11 is 0. The Morgan fingerprint density at radius 3 is 2.72 bits per heavy atom. The Kier molecular flexibility index (Phi) is 4.79. The lowest BCUT2D eigenvalue weighted by molar-refractivity contribution is 0.143. The molecule has 0 saturated carbocycles. The molecule has 0 spiro atoms. The van der Waals surface area contributed by atoms with Crippen molar-refractivity contribution in [3.05, 3.63) is 51.9 Å². The molecule has 2 aromatic rings. The van der Waals surface area contributed by atoms with Crippen molar-refractivity contribution in [1.29, 1.82) is 0 Å². The first-order valence-corrected chi connectivity index (χ1v) is 8.49. The lowest BCUT2D eigenvalue weighted by atomic mass is 9.82. The zero-order valence-electron chi connectivity index (χ0n) is 14.8. The van der Waals surface area contributed by atoms with Crippen LogP contribution in [0.2, 0.25) is 0 Å². The van der Waals surface area contributed by atoms with Gasteiger partial charge in [-0.25, -0.2) is 4.39 Å². The number of benzene rings is 1. The molecule has 0 unspecified atom stereocenters. The van der Waals surface area contributed by atoms with Gasteiger partial charge in [0.25, 0.3) is 5.56 Å². The summed E-state index contributed by atoms with van der Waals surface area (Å²) in [6.45, 7) is 6.59. The normalized spacial score (nSPS) is 16.4. The maximum atomic E-state index is 13.0. The van der Waals surface area contributed by atoms with Crippen molar-refractivity contribution in [2.24, 2.45) is 0 Å². The summed E-state index contributed by atoms with van der Waals surface area (Å²) < 4.78 is 26.0. The molecular weight excluding hydrogens is 323 g/mol. The van der Waals surface area contributed by atoms with Crippen LogP contribution in [0.3, 0.4) is 0 Å². The van der Waals surface area contributed by atoms with Crippen molar-refractivity contribution < 1.29 is 13.9 Å². The fraction of sp³-hybridized carbons (Fsp3) is 0.474. The summed E-state index contributed by atoms with van der Waals surface area (Å²) in [7, 11) is 0. The molecule has 5 nitrogen and oxygen atoms in total. The minimum absolute atomic E-state index is 0.135. The Balaban J connectivity index is 1.63. The van der Waals surface area contributed by atoms with E-state index in [4.69, 9.17) is 9.47 Å². The number of ether oxygens (including phenoxy) is 2. The quantitative estimate of drug-likeness (QED) is 0.806. The largest absolute Gasteiger partial charge is 0.490 e. The molecule has 2 heterocycles. The molecule has 6 heteroatoms. The van der Waals surface area contributed by atoms with Crippen molar-refractivity contribution in [2.75, 3.05) is 6.61 Å². The van der Waals surface area contributed by atoms with Gasteiger partial charge < -0.3 is 9.47 Å². The number of aromatic nitrogens is 2. The van der Waals surface area contributed by atoms with Crippen LogP contribution in [-0.4, -0.2) is 22.3 Å². The van der Waals surface area contributed by atoms with Crippen molar-refractivity contribution in [3.63, 3.8) is 0 Å². The van der Waals surface area contributed by atoms with E-state index in [1.807, 2.05) is 12.1 Å². The maximum absolute atomic E-state index is 13.0. The SMILES string of the molecule is CCC(C)(C)c1ccc(OC[C@@H]2Cn3c(CF)cc(=O)nc3O2)cc1. The highest BCUT2D eigenvalue weighted by molar-refractivity contribution is 5.31. The third-order valence-electron chi connectivity index (χ3n) is 4.82. The van der Waals surface area contributed by atoms with Crippen LogP contribution in [0.25, 0.3) is 0 Å². The van der Waals surface area contributed by atoms with Crippen molar-refractivity contribution in [1.82, 2.24) is 9.55 Å².